The molecule has 0 bridgehead atoms. The summed E-state index contributed by atoms with van der Waals surface area (Å²) in [4.78, 5) is 11.5. The van der Waals surface area contributed by atoms with E-state index in [-0.39, 0.29) is 0 Å². The number of nitrogens with one attached hydrogen (secondary N) is 1. The van der Waals surface area contributed by atoms with Gasteiger partial charge in [-0.25, -0.2) is 9.97 Å². The zero-order valence-electron chi connectivity index (χ0n) is 7.01. The molecule has 0 aliphatic rings. The number of halogens is 1. The average Bonchev–Trinajstić information content (AvgIpc) is 2.67. The fourth-order valence-corrected chi connectivity index (χ4v) is 1.02. The molecule has 0 fully saturated rings. The summed E-state index contributed by atoms with van der Waals surface area (Å²) in [5.41, 5.74) is 0. The van der Waals surface area contributed by atoms with Crippen molar-refractivity contribution in [3.8, 4) is 0 Å². The molecule has 2 heterocycles. The molecule has 0 atom stereocenters. The van der Waals surface area contributed by atoms with Crippen LogP contribution in [-0.2, 0) is 6.54 Å². The van der Waals surface area contributed by atoms with E-state index in [1.165, 1.54) is 12.7 Å². The lowest BCUT2D eigenvalue weighted by atomic mass is 10.5. The normalized spacial score (nSPS) is 10.1. The van der Waals surface area contributed by atoms with E-state index in [4.69, 9.17) is 11.6 Å². The van der Waals surface area contributed by atoms with Gasteiger partial charge in [0, 0.05) is 6.07 Å². The fourth-order valence-electron chi connectivity index (χ4n) is 0.870. The molecule has 2 rings (SSSR count). The van der Waals surface area contributed by atoms with Crippen LogP contribution in [0.3, 0.4) is 0 Å². The average molecular weight is 212 g/mol. The van der Waals surface area contributed by atoms with E-state index in [0.717, 1.165) is 0 Å². The molecule has 72 valence electrons. The van der Waals surface area contributed by atoms with Gasteiger partial charge in [-0.2, -0.15) is 4.98 Å². The van der Waals surface area contributed by atoms with Crippen molar-refractivity contribution in [2.24, 2.45) is 0 Å². The van der Waals surface area contributed by atoms with Crippen LogP contribution in [0, 0.1) is 0 Å². The Bertz CT molecular complexity index is 404. The summed E-state index contributed by atoms with van der Waals surface area (Å²) in [6.45, 7) is 0.434. The van der Waals surface area contributed by atoms with E-state index in [9.17, 15) is 0 Å². The maximum absolute atomic E-state index is 5.66. The van der Waals surface area contributed by atoms with Crippen LogP contribution in [0.1, 0.15) is 5.82 Å². The Balaban J connectivity index is 1.98. The lowest BCUT2D eigenvalue weighted by molar-refractivity contribution is 0.411. The van der Waals surface area contributed by atoms with Gasteiger partial charge in [-0.05, 0) is 0 Å². The predicted molar refractivity (Wildman–Crippen MR) is 48.7 cm³/mol. The van der Waals surface area contributed by atoms with Crippen molar-refractivity contribution < 1.29 is 4.52 Å². The molecule has 14 heavy (non-hydrogen) atoms. The summed E-state index contributed by atoms with van der Waals surface area (Å²) in [7, 11) is 0. The van der Waals surface area contributed by atoms with E-state index >= 15 is 0 Å². The molecule has 6 nitrogen and oxygen atoms in total. The molecule has 0 aliphatic heterocycles. The zero-order valence-corrected chi connectivity index (χ0v) is 7.77. The van der Waals surface area contributed by atoms with E-state index < -0.39 is 0 Å². The van der Waals surface area contributed by atoms with Crippen LogP contribution in [0.5, 0.6) is 0 Å². The summed E-state index contributed by atoms with van der Waals surface area (Å²) in [5, 5.41) is 6.98. The highest BCUT2D eigenvalue weighted by molar-refractivity contribution is 6.29. The first kappa shape index (κ1) is 8.89. The molecule has 7 heteroatoms. The quantitative estimate of drug-likeness (QED) is 0.767. The molecule has 0 unspecified atom stereocenters. The van der Waals surface area contributed by atoms with Crippen LogP contribution in [0.4, 0.5) is 5.82 Å². The van der Waals surface area contributed by atoms with Crippen molar-refractivity contribution >= 4 is 17.4 Å². The van der Waals surface area contributed by atoms with Gasteiger partial charge in [-0.1, -0.05) is 16.8 Å². The second-order valence-electron chi connectivity index (χ2n) is 2.43. The SMILES string of the molecule is Clc1cc(NCc2ncon2)ncn1. The number of hydrogen-bond donors (Lipinski definition) is 1. The van der Waals surface area contributed by atoms with Gasteiger partial charge in [0.2, 0.25) is 6.39 Å². The maximum atomic E-state index is 5.66. The standard InChI is InChI=1S/C7H6ClN5O/c8-5-1-6(11-3-10-5)9-2-7-12-4-14-13-7/h1,3-4H,2H2,(H,9,10,11). The van der Waals surface area contributed by atoms with Crippen molar-refractivity contribution in [3.63, 3.8) is 0 Å². The molecule has 0 spiro atoms. The van der Waals surface area contributed by atoms with Crippen LogP contribution in [-0.4, -0.2) is 20.1 Å². The largest absolute Gasteiger partial charge is 0.362 e. The van der Waals surface area contributed by atoms with E-state index in [0.29, 0.717) is 23.3 Å². The fraction of sp³-hybridized carbons (Fsp3) is 0.143. The Morgan fingerprint density at radius 1 is 1.36 bits per heavy atom. The zero-order chi connectivity index (χ0) is 9.80. The number of anilines is 1. The predicted octanol–water partition coefficient (Wildman–Crippen LogP) is 1.13. The van der Waals surface area contributed by atoms with E-state index in [2.05, 4.69) is 29.9 Å². The second kappa shape index (κ2) is 4.01. The number of nitrogens with zero attached hydrogens (tertiary/aromatic N) is 4. The van der Waals surface area contributed by atoms with Crippen molar-refractivity contribution in [2.75, 3.05) is 5.32 Å². The van der Waals surface area contributed by atoms with Crippen LogP contribution < -0.4 is 5.32 Å². The first-order chi connectivity index (χ1) is 6.84. The Kier molecular flexibility index (Phi) is 2.55. The summed E-state index contributed by atoms with van der Waals surface area (Å²) in [5.74, 6) is 1.18. The van der Waals surface area contributed by atoms with Crippen molar-refractivity contribution in [2.45, 2.75) is 6.54 Å². The van der Waals surface area contributed by atoms with Gasteiger partial charge in [0.25, 0.3) is 0 Å². The summed E-state index contributed by atoms with van der Waals surface area (Å²) < 4.78 is 4.57. The Labute approximate surface area is 84.3 Å². The Morgan fingerprint density at radius 3 is 3.00 bits per heavy atom. The van der Waals surface area contributed by atoms with Crippen LogP contribution >= 0.6 is 11.6 Å². The van der Waals surface area contributed by atoms with Crippen LogP contribution in [0.2, 0.25) is 5.15 Å². The molecule has 2 aromatic rings. The smallest absolute Gasteiger partial charge is 0.213 e. The molecule has 0 aromatic carbocycles. The minimum Gasteiger partial charge on any atom is -0.362 e. The lowest BCUT2D eigenvalue weighted by Gasteiger charge is -2.00. The maximum Gasteiger partial charge on any atom is 0.213 e. The summed E-state index contributed by atoms with van der Waals surface area (Å²) >= 11 is 5.66. The Hall–Kier alpha value is -1.69. The second-order valence-corrected chi connectivity index (χ2v) is 2.81. The van der Waals surface area contributed by atoms with Gasteiger partial charge in [0.15, 0.2) is 5.82 Å². The lowest BCUT2D eigenvalue weighted by Crippen LogP contribution is -2.02. The molecule has 1 N–H and O–H groups in total. The molecule has 0 amide bonds. The number of aromatic nitrogens is 4. The molecule has 0 saturated heterocycles. The highest BCUT2D eigenvalue weighted by Crippen LogP contribution is 2.08. The molecule has 0 aliphatic carbocycles. The van der Waals surface area contributed by atoms with Gasteiger partial charge in [-0.3, -0.25) is 0 Å². The molecule has 0 radical (unpaired) electrons. The number of hydrogen-bond acceptors (Lipinski definition) is 6. The minimum absolute atomic E-state index is 0.385. The van der Waals surface area contributed by atoms with Gasteiger partial charge in [0.05, 0.1) is 6.54 Å². The third kappa shape index (κ3) is 2.17. The van der Waals surface area contributed by atoms with Gasteiger partial charge >= 0.3 is 0 Å². The number of rotatable bonds is 3. The van der Waals surface area contributed by atoms with Crippen molar-refractivity contribution in [1.82, 2.24) is 20.1 Å². The van der Waals surface area contributed by atoms with Gasteiger partial charge < -0.3 is 9.84 Å². The van der Waals surface area contributed by atoms with Gasteiger partial charge in [-0.15, -0.1) is 0 Å². The first-order valence-corrected chi connectivity index (χ1v) is 4.19. The molecular weight excluding hydrogens is 206 g/mol. The highest BCUT2D eigenvalue weighted by atomic mass is 35.5. The Morgan fingerprint density at radius 2 is 2.29 bits per heavy atom. The third-order valence-electron chi connectivity index (χ3n) is 1.47. The van der Waals surface area contributed by atoms with Gasteiger partial charge in [0.1, 0.15) is 17.3 Å². The van der Waals surface area contributed by atoms with E-state index in [1.807, 2.05) is 0 Å². The molecule has 0 saturated carbocycles. The highest BCUT2D eigenvalue weighted by Gasteiger charge is 1.99. The molecular formula is C7H6ClN5O. The van der Waals surface area contributed by atoms with Crippen LogP contribution in [0.25, 0.3) is 0 Å². The first-order valence-electron chi connectivity index (χ1n) is 3.81. The summed E-state index contributed by atoms with van der Waals surface area (Å²) in [6.07, 6.45) is 2.64. The minimum atomic E-state index is 0.385. The van der Waals surface area contributed by atoms with Crippen LogP contribution in [0.15, 0.2) is 23.3 Å². The topological polar surface area (TPSA) is 76.7 Å². The monoisotopic (exact) mass is 211 g/mol. The molecule has 2 aromatic heterocycles. The van der Waals surface area contributed by atoms with Crippen molar-refractivity contribution in [1.29, 1.82) is 0 Å². The third-order valence-corrected chi connectivity index (χ3v) is 1.67. The van der Waals surface area contributed by atoms with Crippen molar-refractivity contribution in [3.05, 3.63) is 29.8 Å². The summed E-state index contributed by atoms with van der Waals surface area (Å²) in [6, 6.07) is 1.61. The van der Waals surface area contributed by atoms with E-state index in [1.54, 1.807) is 6.07 Å².